The number of likely N-dealkylation sites (tertiary alicyclic amines) is 1. The van der Waals surface area contributed by atoms with Gasteiger partial charge in [0, 0.05) is 46.4 Å². The molecule has 10 heteroatoms. The Labute approximate surface area is 236 Å². The number of hydrogen-bond acceptors (Lipinski definition) is 4. The normalized spacial score (nSPS) is 25.4. The van der Waals surface area contributed by atoms with Crippen molar-refractivity contribution in [2.45, 2.75) is 64.0 Å². The molecule has 2 fully saturated rings. The van der Waals surface area contributed by atoms with Crippen molar-refractivity contribution in [2.24, 2.45) is 11.3 Å². The van der Waals surface area contributed by atoms with E-state index in [9.17, 15) is 23.5 Å². The summed E-state index contributed by atoms with van der Waals surface area (Å²) >= 11 is 10.2. The first-order chi connectivity index (χ1) is 18.0. The highest BCUT2D eigenvalue weighted by atomic mass is 35.5. The van der Waals surface area contributed by atoms with Gasteiger partial charge >= 0.3 is 5.97 Å². The molecule has 0 spiro atoms. The van der Waals surface area contributed by atoms with Crippen molar-refractivity contribution in [1.29, 1.82) is 0 Å². The molecule has 7 nitrogen and oxygen atoms in total. The first kappa shape index (κ1) is 29.0. The molecule has 2 aliphatic rings. The quantitative estimate of drug-likeness (QED) is 0.338. The number of piperidine rings is 1. The number of carboxylic acids is 1. The predicted molar refractivity (Wildman–Crippen MR) is 148 cm³/mol. The lowest BCUT2D eigenvalue weighted by atomic mass is 9.67. The lowest BCUT2D eigenvalue weighted by Crippen LogP contribution is -2.56. The summed E-state index contributed by atoms with van der Waals surface area (Å²) in [7, 11) is 0. The van der Waals surface area contributed by atoms with Gasteiger partial charge in [0.2, 0.25) is 5.91 Å². The molecule has 4 rings (SSSR count). The molecule has 1 N–H and O–H groups in total. The highest BCUT2D eigenvalue weighted by molar-refractivity contribution is 7.76. The van der Waals surface area contributed by atoms with Gasteiger partial charge in [0.25, 0.3) is 0 Å². The fraction of sp³-hybridized carbons (Fsp3) is 0.500. The molecule has 5 unspecified atom stereocenters. The monoisotopic (exact) mass is 579 g/mol. The minimum atomic E-state index is -2.35. The molecule has 0 aromatic heterocycles. The highest BCUT2D eigenvalue weighted by Gasteiger charge is 2.51. The number of benzene rings is 2. The number of carbonyl (C=O) groups excluding carboxylic acids is 1. The summed E-state index contributed by atoms with van der Waals surface area (Å²) < 4.78 is 25.2. The van der Waals surface area contributed by atoms with E-state index < -0.39 is 28.7 Å². The minimum absolute atomic E-state index is 0.240. The number of rotatable bonds is 11. The number of amides is 1. The van der Waals surface area contributed by atoms with E-state index in [0.29, 0.717) is 35.3 Å². The largest absolute Gasteiger partial charge is 0.760 e. The van der Waals surface area contributed by atoms with Crippen LogP contribution in [0.2, 0.25) is 10.0 Å². The van der Waals surface area contributed by atoms with Crippen molar-refractivity contribution < 1.29 is 23.5 Å². The molecule has 5 atom stereocenters. The van der Waals surface area contributed by atoms with E-state index in [4.69, 9.17) is 23.2 Å². The van der Waals surface area contributed by atoms with E-state index in [2.05, 4.69) is 0 Å². The zero-order chi connectivity index (χ0) is 27.6. The van der Waals surface area contributed by atoms with Gasteiger partial charge < -0.3 is 14.6 Å². The molecule has 1 saturated carbocycles. The second kappa shape index (κ2) is 12.0. The number of carboxylic acid groups (broad SMARTS) is 1. The predicted octanol–water partition coefficient (Wildman–Crippen LogP) is 5.82. The molecule has 1 aliphatic heterocycles. The number of hydrogen-bond donors (Lipinski definition) is 1. The van der Waals surface area contributed by atoms with Crippen LogP contribution >= 0.6 is 23.2 Å². The topological polar surface area (TPSA) is 101 Å². The average Bonchev–Trinajstić information content (AvgIpc) is 3.67. The van der Waals surface area contributed by atoms with Crippen LogP contribution in [0.15, 0.2) is 48.5 Å². The Morgan fingerprint density at radius 1 is 1.18 bits per heavy atom. The molecule has 1 heterocycles. The Morgan fingerprint density at radius 2 is 1.87 bits per heavy atom. The van der Waals surface area contributed by atoms with Crippen LogP contribution in [0, 0.1) is 11.3 Å². The lowest BCUT2D eigenvalue weighted by molar-refractivity contribution is -0.160. The Balaban J connectivity index is 1.75. The Bertz CT molecular complexity index is 1190. The third kappa shape index (κ3) is 6.77. The van der Waals surface area contributed by atoms with Crippen molar-refractivity contribution in [3.8, 4) is 0 Å². The van der Waals surface area contributed by atoms with Gasteiger partial charge in [-0.3, -0.25) is 13.8 Å². The van der Waals surface area contributed by atoms with Gasteiger partial charge in [-0.2, -0.15) is 0 Å². The molecule has 0 radical (unpaired) electrons. The van der Waals surface area contributed by atoms with E-state index in [-0.39, 0.29) is 30.8 Å². The van der Waals surface area contributed by atoms with E-state index >= 15 is 0 Å². The van der Waals surface area contributed by atoms with Gasteiger partial charge in [-0.25, -0.2) is 4.31 Å². The van der Waals surface area contributed by atoms with Gasteiger partial charge in [0.15, 0.2) is 0 Å². The third-order valence-corrected chi connectivity index (χ3v) is 9.01. The smallest absolute Gasteiger partial charge is 0.304 e. The summed E-state index contributed by atoms with van der Waals surface area (Å²) in [5.41, 5.74) is 0.638. The minimum Gasteiger partial charge on any atom is -0.760 e. The lowest BCUT2D eigenvalue weighted by Gasteiger charge is -2.51. The van der Waals surface area contributed by atoms with Crippen molar-refractivity contribution in [2.75, 3.05) is 13.1 Å². The summed E-state index contributed by atoms with van der Waals surface area (Å²) in [6.07, 6.45) is 2.50. The molecular formula is C28H33Cl2N2O5S-. The highest BCUT2D eigenvalue weighted by Crippen LogP contribution is 2.52. The van der Waals surface area contributed by atoms with Crippen LogP contribution in [0.5, 0.6) is 0 Å². The Kier molecular flexibility index (Phi) is 9.20. The number of aliphatic carboxylic acids is 1. The van der Waals surface area contributed by atoms with Gasteiger partial charge in [0.05, 0.1) is 17.9 Å². The standard InChI is InChI=1S/C28H34Cl2N2O5S/c1-18(12-13-31(38(36)37)17-19-6-7-19)32-26(20-8-10-22(29)11-9-20)24(21-4-3-5-23(30)14-21)15-28(2,27(32)35)16-25(33)34/h3-5,8-11,14,18-19,24,26H,6-7,12-13,15-17H2,1-2H3,(H,33,34)(H,36,37)/p-1. The second-order valence-corrected chi connectivity index (χ2v) is 12.7. The van der Waals surface area contributed by atoms with Gasteiger partial charge in [-0.05, 0) is 73.9 Å². The van der Waals surface area contributed by atoms with Gasteiger partial charge in [-0.15, -0.1) is 0 Å². The van der Waals surface area contributed by atoms with E-state index in [1.54, 1.807) is 30.0 Å². The summed E-state index contributed by atoms with van der Waals surface area (Å²) in [6, 6.07) is 14.0. The molecule has 38 heavy (non-hydrogen) atoms. The van der Waals surface area contributed by atoms with E-state index in [1.807, 2.05) is 37.3 Å². The van der Waals surface area contributed by atoms with Crippen molar-refractivity contribution in [3.05, 3.63) is 69.7 Å². The number of nitrogens with zero attached hydrogens (tertiary/aromatic N) is 2. The average molecular weight is 581 g/mol. The first-order valence-corrected chi connectivity index (χ1v) is 14.7. The molecule has 1 aliphatic carbocycles. The van der Waals surface area contributed by atoms with Crippen LogP contribution in [0.25, 0.3) is 0 Å². The molecule has 2 aromatic rings. The zero-order valence-electron chi connectivity index (χ0n) is 21.5. The van der Waals surface area contributed by atoms with Crippen LogP contribution in [-0.2, 0) is 20.9 Å². The Morgan fingerprint density at radius 3 is 2.45 bits per heavy atom. The van der Waals surface area contributed by atoms with Crippen LogP contribution in [-0.4, -0.2) is 54.1 Å². The van der Waals surface area contributed by atoms with E-state index in [0.717, 1.165) is 24.0 Å². The summed E-state index contributed by atoms with van der Waals surface area (Å²) in [5.74, 6) is -1.13. The second-order valence-electron chi connectivity index (χ2n) is 10.9. The van der Waals surface area contributed by atoms with Crippen molar-refractivity contribution in [1.82, 2.24) is 9.21 Å². The van der Waals surface area contributed by atoms with Gasteiger partial charge in [-0.1, -0.05) is 54.4 Å². The van der Waals surface area contributed by atoms with Gasteiger partial charge in [0.1, 0.15) is 0 Å². The van der Waals surface area contributed by atoms with Crippen LogP contribution < -0.4 is 0 Å². The Hall–Kier alpha value is -1.97. The zero-order valence-corrected chi connectivity index (χ0v) is 23.8. The molecule has 206 valence electrons. The summed E-state index contributed by atoms with van der Waals surface area (Å²) in [6.45, 7) is 4.39. The fourth-order valence-electron chi connectivity index (χ4n) is 5.65. The van der Waals surface area contributed by atoms with Crippen LogP contribution in [0.4, 0.5) is 0 Å². The van der Waals surface area contributed by atoms with Crippen molar-refractivity contribution in [3.63, 3.8) is 0 Å². The summed E-state index contributed by atoms with van der Waals surface area (Å²) in [4.78, 5) is 27.8. The van der Waals surface area contributed by atoms with E-state index in [1.165, 1.54) is 4.31 Å². The molecular weight excluding hydrogens is 547 g/mol. The fourth-order valence-corrected chi connectivity index (χ4v) is 6.56. The number of halogens is 2. The maximum absolute atomic E-state index is 14.2. The first-order valence-electron chi connectivity index (χ1n) is 12.9. The third-order valence-electron chi connectivity index (χ3n) is 7.77. The molecule has 1 saturated heterocycles. The summed E-state index contributed by atoms with van der Waals surface area (Å²) in [5, 5.41) is 10.9. The maximum Gasteiger partial charge on any atom is 0.304 e. The molecule has 0 bridgehead atoms. The van der Waals surface area contributed by atoms with Crippen molar-refractivity contribution >= 4 is 46.3 Å². The SMILES string of the molecule is CC(CCN(CC1CC1)S(=O)[O-])N1C(=O)C(C)(CC(=O)O)CC(c2cccc(Cl)c2)C1c1ccc(Cl)cc1. The molecule has 1 amide bonds. The van der Waals surface area contributed by atoms with Crippen LogP contribution in [0.1, 0.15) is 69.0 Å². The number of carbonyl (C=O) groups is 2. The maximum atomic E-state index is 14.2. The molecule has 2 aromatic carbocycles. The van der Waals surface area contributed by atoms with Crippen LogP contribution in [0.3, 0.4) is 0 Å².